The minimum atomic E-state index is -0.843. The fourth-order valence-electron chi connectivity index (χ4n) is 3.13. The molecule has 0 saturated carbocycles. The van der Waals surface area contributed by atoms with E-state index in [0.29, 0.717) is 17.9 Å². The number of benzene rings is 2. The number of nitrogens with zero attached hydrogens (tertiary/aromatic N) is 4. The highest BCUT2D eigenvalue weighted by Gasteiger charge is 2.27. The number of anilines is 1. The molecule has 3 aromatic rings. The Bertz CT molecular complexity index is 1170. The van der Waals surface area contributed by atoms with E-state index in [4.69, 9.17) is 4.74 Å². The van der Waals surface area contributed by atoms with E-state index in [2.05, 4.69) is 10.4 Å². The van der Waals surface area contributed by atoms with E-state index >= 15 is 0 Å². The monoisotopic (exact) mass is 439 g/mol. The second-order valence-corrected chi connectivity index (χ2v) is 7.15. The number of hydrogen-bond donors (Lipinski definition) is 1. The lowest BCUT2D eigenvalue weighted by atomic mass is 10.2. The van der Waals surface area contributed by atoms with Gasteiger partial charge >= 0.3 is 5.82 Å². The normalized spacial score (nSPS) is 11.6. The SMILES string of the molecule is CCC(C(=O)Nc1cc(Oc2ccc(C)cc2)cc([N+](=O)[O-])c1)n1nc([N+](=O)[O-])cc1C. The Labute approximate surface area is 182 Å². The third kappa shape index (κ3) is 5.06. The third-order valence-corrected chi connectivity index (χ3v) is 4.71. The van der Waals surface area contributed by atoms with Gasteiger partial charge in [-0.25, -0.2) is 0 Å². The Morgan fingerprint density at radius 2 is 1.75 bits per heavy atom. The molecule has 3 rings (SSSR count). The van der Waals surface area contributed by atoms with Gasteiger partial charge in [-0.3, -0.25) is 14.9 Å². The molecule has 0 aliphatic carbocycles. The van der Waals surface area contributed by atoms with Crippen molar-refractivity contribution in [1.29, 1.82) is 0 Å². The summed E-state index contributed by atoms with van der Waals surface area (Å²) in [7, 11) is 0. The molecule has 0 aliphatic rings. The number of nitro benzene ring substituents is 1. The summed E-state index contributed by atoms with van der Waals surface area (Å²) in [5, 5.41) is 28.9. The number of nitro groups is 2. The highest BCUT2D eigenvalue weighted by Crippen LogP contribution is 2.30. The van der Waals surface area contributed by atoms with Gasteiger partial charge in [-0.1, -0.05) is 24.6 Å². The van der Waals surface area contributed by atoms with Crippen LogP contribution in [0.1, 0.15) is 30.6 Å². The van der Waals surface area contributed by atoms with Crippen LogP contribution in [0.2, 0.25) is 0 Å². The third-order valence-electron chi connectivity index (χ3n) is 4.71. The van der Waals surface area contributed by atoms with Crippen LogP contribution in [-0.2, 0) is 4.79 Å². The number of aromatic nitrogens is 2. The highest BCUT2D eigenvalue weighted by atomic mass is 16.6. The van der Waals surface area contributed by atoms with E-state index in [1.54, 1.807) is 26.0 Å². The molecule has 1 aromatic heterocycles. The molecule has 1 unspecified atom stereocenters. The molecular formula is C21H21N5O6. The molecule has 1 amide bonds. The van der Waals surface area contributed by atoms with Crippen LogP contribution in [0.15, 0.2) is 48.5 Å². The van der Waals surface area contributed by atoms with Crippen LogP contribution < -0.4 is 10.1 Å². The molecule has 1 N–H and O–H groups in total. The van der Waals surface area contributed by atoms with Crippen LogP contribution in [0, 0.1) is 34.1 Å². The van der Waals surface area contributed by atoms with Crippen molar-refractivity contribution in [3.8, 4) is 11.5 Å². The lowest BCUT2D eigenvalue weighted by Gasteiger charge is -2.15. The fourth-order valence-corrected chi connectivity index (χ4v) is 3.13. The number of nitrogens with one attached hydrogen (secondary N) is 1. The summed E-state index contributed by atoms with van der Waals surface area (Å²) in [6.07, 6.45) is 0.299. The molecule has 32 heavy (non-hydrogen) atoms. The topological polar surface area (TPSA) is 142 Å². The van der Waals surface area contributed by atoms with Crippen molar-refractivity contribution in [2.75, 3.05) is 5.32 Å². The van der Waals surface area contributed by atoms with Crippen LogP contribution in [0.25, 0.3) is 0 Å². The van der Waals surface area contributed by atoms with Crippen molar-refractivity contribution in [3.63, 3.8) is 0 Å². The fraction of sp³-hybridized carbons (Fsp3) is 0.238. The zero-order valence-electron chi connectivity index (χ0n) is 17.6. The quantitative estimate of drug-likeness (QED) is 0.396. The van der Waals surface area contributed by atoms with Crippen LogP contribution in [0.3, 0.4) is 0 Å². The first-order chi connectivity index (χ1) is 15.2. The Balaban J connectivity index is 1.88. The molecular weight excluding hydrogens is 418 g/mol. The summed E-state index contributed by atoms with van der Waals surface area (Å²) >= 11 is 0. The van der Waals surface area contributed by atoms with Crippen LogP contribution in [-0.4, -0.2) is 25.5 Å². The van der Waals surface area contributed by atoms with Gasteiger partial charge in [-0.2, -0.15) is 4.68 Å². The highest BCUT2D eigenvalue weighted by molar-refractivity contribution is 5.94. The smallest absolute Gasteiger partial charge is 0.390 e. The minimum Gasteiger partial charge on any atom is -0.457 e. The zero-order chi connectivity index (χ0) is 23.4. The van der Waals surface area contributed by atoms with Gasteiger partial charge in [-0.05, 0) is 37.3 Å². The maximum atomic E-state index is 12.9. The van der Waals surface area contributed by atoms with Gasteiger partial charge in [0.1, 0.15) is 11.5 Å². The average Bonchev–Trinajstić information content (AvgIpc) is 3.12. The molecule has 0 saturated heterocycles. The average molecular weight is 439 g/mol. The molecule has 0 bridgehead atoms. The maximum Gasteiger partial charge on any atom is 0.390 e. The molecule has 11 heteroatoms. The molecule has 0 aliphatic heterocycles. The van der Waals surface area contributed by atoms with E-state index in [0.717, 1.165) is 5.56 Å². The van der Waals surface area contributed by atoms with Gasteiger partial charge in [0, 0.05) is 12.1 Å². The molecule has 11 nitrogen and oxygen atoms in total. The number of carbonyl (C=O) groups excluding carboxylic acids is 1. The van der Waals surface area contributed by atoms with Crippen LogP contribution in [0.4, 0.5) is 17.2 Å². The van der Waals surface area contributed by atoms with Gasteiger partial charge < -0.3 is 20.2 Å². The molecule has 1 heterocycles. The lowest BCUT2D eigenvalue weighted by molar-refractivity contribution is -0.389. The van der Waals surface area contributed by atoms with E-state index in [9.17, 15) is 25.0 Å². The standard InChI is InChI=1S/C21H21N5O6/c1-4-19(24-14(3)9-20(23-24)26(30)31)21(27)22-15-10-16(25(28)29)12-18(11-15)32-17-7-5-13(2)6-8-17/h5-12,19H,4H2,1-3H3,(H,22,27). The predicted octanol–water partition coefficient (Wildman–Crippen LogP) is 4.70. The van der Waals surface area contributed by atoms with Gasteiger partial charge in [0.2, 0.25) is 0 Å². The van der Waals surface area contributed by atoms with Crippen LogP contribution >= 0.6 is 0 Å². The van der Waals surface area contributed by atoms with Crippen molar-refractivity contribution in [3.05, 3.63) is 80.0 Å². The number of aryl methyl sites for hydroxylation is 2. The van der Waals surface area contributed by atoms with Crippen molar-refractivity contribution < 1.29 is 19.4 Å². The van der Waals surface area contributed by atoms with Crippen molar-refractivity contribution >= 4 is 23.1 Å². The van der Waals surface area contributed by atoms with Crippen molar-refractivity contribution in [2.24, 2.45) is 0 Å². The number of carbonyl (C=O) groups is 1. The zero-order valence-corrected chi connectivity index (χ0v) is 17.6. The molecule has 0 fully saturated rings. The molecule has 2 aromatic carbocycles. The number of amides is 1. The van der Waals surface area contributed by atoms with Gasteiger partial charge in [0.15, 0.2) is 6.04 Å². The first-order valence-corrected chi connectivity index (χ1v) is 9.73. The number of hydrogen-bond acceptors (Lipinski definition) is 7. The van der Waals surface area contributed by atoms with Gasteiger partial charge in [-0.15, -0.1) is 0 Å². The van der Waals surface area contributed by atoms with E-state index < -0.39 is 21.8 Å². The molecule has 0 spiro atoms. The lowest BCUT2D eigenvalue weighted by Crippen LogP contribution is -2.27. The number of rotatable bonds is 8. The second kappa shape index (κ2) is 9.25. The Kier molecular flexibility index (Phi) is 6.47. The van der Waals surface area contributed by atoms with E-state index in [1.807, 2.05) is 19.1 Å². The number of non-ortho nitro benzene ring substituents is 1. The molecule has 166 valence electrons. The second-order valence-electron chi connectivity index (χ2n) is 7.15. The Morgan fingerprint density at radius 1 is 1.06 bits per heavy atom. The van der Waals surface area contributed by atoms with E-state index in [1.165, 1.54) is 28.9 Å². The summed E-state index contributed by atoms with van der Waals surface area (Å²) < 4.78 is 6.99. The summed E-state index contributed by atoms with van der Waals surface area (Å²) in [6, 6.07) is 11.5. The summed E-state index contributed by atoms with van der Waals surface area (Å²) in [4.78, 5) is 34.1. The van der Waals surface area contributed by atoms with Crippen molar-refractivity contribution in [2.45, 2.75) is 33.2 Å². The first kappa shape index (κ1) is 22.4. The minimum absolute atomic E-state index is 0.157. The van der Waals surface area contributed by atoms with E-state index in [-0.39, 0.29) is 22.9 Å². The number of ether oxygens (including phenoxy) is 1. The Hall–Kier alpha value is -4.28. The Morgan fingerprint density at radius 3 is 2.31 bits per heavy atom. The summed E-state index contributed by atoms with van der Waals surface area (Å²) in [5.41, 5.74) is 1.37. The summed E-state index contributed by atoms with van der Waals surface area (Å²) in [5.74, 6) is -0.218. The molecule has 0 radical (unpaired) electrons. The summed E-state index contributed by atoms with van der Waals surface area (Å²) in [6.45, 7) is 5.26. The first-order valence-electron chi connectivity index (χ1n) is 9.73. The molecule has 1 atom stereocenters. The van der Waals surface area contributed by atoms with Crippen molar-refractivity contribution in [1.82, 2.24) is 9.78 Å². The predicted molar refractivity (Wildman–Crippen MR) is 116 cm³/mol. The maximum absolute atomic E-state index is 12.9. The van der Waals surface area contributed by atoms with Gasteiger partial charge in [0.05, 0.1) is 33.5 Å². The van der Waals surface area contributed by atoms with Gasteiger partial charge in [0.25, 0.3) is 11.6 Å². The largest absolute Gasteiger partial charge is 0.457 e. The van der Waals surface area contributed by atoms with Crippen LogP contribution in [0.5, 0.6) is 11.5 Å².